The van der Waals surface area contributed by atoms with Gasteiger partial charge in [0, 0.05) is 23.8 Å². The second-order valence-electron chi connectivity index (χ2n) is 4.06. The predicted molar refractivity (Wildman–Crippen MR) is 72.9 cm³/mol. The van der Waals surface area contributed by atoms with E-state index >= 15 is 0 Å². The summed E-state index contributed by atoms with van der Waals surface area (Å²) in [5.41, 5.74) is 0.230. The van der Waals surface area contributed by atoms with E-state index in [1.807, 2.05) is 13.8 Å². The molecule has 108 valence electrons. The van der Waals surface area contributed by atoms with E-state index in [-0.39, 0.29) is 10.6 Å². The Kier molecular flexibility index (Phi) is 5.37. The number of rotatable bonds is 6. The van der Waals surface area contributed by atoms with Gasteiger partial charge in [-0.3, -0.25) is 9.89 Å². The molecular weight excluding hydrogens is 290 g/mol. The van der Waals surface area contributed by atoms with Crippen LogP contribution in [0.3, 0.4) is 0 Å². The van der Waals surface area contributed by atoms with Crippen molar-refractivity contribution in [3.8, 4) is 0 Å². The van der Waals surface area contributed by atoms with Crippen LogP contribution in [0.25, 0.3) is 0 Å². The molecule has 0 bridgehead atoms. The number of nitrogens with zero attached hydrogens (tertiary/aromatic N) is 2. The average Bonchev–Trinajstić information content (AvgIpc) is 2.78. The zero-order chi connectivity index (χ0) is 14.6. The quantitative estimate of drug-likeness (QED) is 0.812. The van der Waals surface area contributed by atoms with Crippen molar-refractivity contribution in [2.45, 2.75) is 38.5 Å². The largest absolute Gasteiger partial charge is 0.338 e. The molecule has 1 aromatic rings. The molecule has 0 aliphatic heterocycles. The van der Waals surface area contributed by atoms with Crippen LogP contribution >= 0.6 is 10.7 Å². The number of H-pyrrole nitrogens is 1. The molecule has 8 heteroatoms. The van der Waals surface area contributed by atoms with E-state index in [9.17, 15) is 13.2 Å². The van der Waals surface area contributed by atoms with Crippen LogP contribution in [0.15, 0.2) is 4.90 Å². The number of halogens is 1. The highest BCUT2D eigenvalue weighted by Gasteiger charge is 2.29. The highest BCUT2D eigenvalue weighted by Crippen LogP contribution is 2.24. The Balaban J connectivity index is 3.28. The maximum absolute atomic E-state index is 12.3. The number of nitrogens with one attached hydrogen (secondary N) is 1. The number of carbonyl (C=O) groups excluding carboxylic acids is 1. The number of aromatic nitrogens is 2. The lowest BCUT2D eigenvalue weighted by Crippen LogP contribution is -2.32. The van der Waals surface area contributed by atoms with Gasteiger partial charge in [0.15, 0.2) is 5.69 Å². The summed E-state index contributed by atoms with van der Waals surface area (Å²) in [6, 6.07) is 0. The maximum atomic E-state index is 12.3. The molecule has 0 unspecified atom stereocenters. The fraction of sp³-hybridized carbons (Fsp3) is 0.636. The van der Waals surface area contributed by atoms with Gasteiger partial charge in [0.25, 0.3) is 15.0 Å². The average molecular weight is 308 g/mol. The number of amides is 1. The first-order valence-electron chi connectivity index (χ1n) is 6.17. The SMILES string of the molecule is CCCN(CC)C(=O)c1n[nH]c(CC)c1S(=O)(=O)Cl. The summed E-state index contributed by atoms with van der Waals surface area (Å²) in [6.07, 6.45) is 1.19. The van der Waals surface area contributed by atoms with Gasteiger partial charge in [-0.05, 0) is 19.8 Å². The fourth-order valence-electron chi connectivity index (χ4n) is 1.84. The summed E-state index contributed by atoms with van der Waals surface area (Å²) in [7, 11) is 1.40. The van der Waals surface area contributed by atoms with Gasteiger partial charge in [0.05, 0.1) is 5.69 Å². The van der Waals surface area contributed by atoms with Gasteiger partial charge in [0.2, 0.25) is 0 Å². The van der Waals surface area contributed by atoms with Crippen LogP contribution in [-0.4, -0.2) is 42.5 Å². The lowest BCUT2D eigenvalue weighted by molar-refractivity contribution is 0.0754. The van der Waals surface area contributed by atoms with Crippen LogP contribution in [0.2, 0.25) is 0 Å². The molecule has 1 amide bonds. The molecule has 0 saturated heterocycles. The summed E-state index contributed by atoms with van der Waals surface area (Å²) < 4.78 is 23.2. The van der Waals surface area contributed by atoms with Crippen molar-refractivity contribution >= 4 is 25.6 Å². The smallest absolute Gasteiger partial charge is 0.275 e. The van der Waals surface area contributed by atoms with Gasteiger partial charge in [0.1, 0.15) is 4.90 Å². The predicted octanol–water partition coefficient (Wildman–Crippen LogP) is 1.77. The van der Waals surface area contributed by atoms with E-state index in [4.69, 9.17) is 10.7 Å². The normalized spacial score (nSPS) is 11.6. The third-order valence-electron chi connectivity index (χ3n) is 2.75. The number of hydrogen-bond acceptors (Lipinski definition) is 4. The molecule has 0 aliphatic rings. The third kappa shape index (κ3) is 3.48. The van der Waals surface area contributed by atoms with Gasteiger partial charge < -0.3 is 4.90 Å². The summed E-state index contributed by atoms with van der Waals surface area (Å²) in [5, 5.41) is 6.40. The summed E-state index contributed by atoms with van der Waals surface area (Å²) in [4.78, 5) is 13.6. The molecule has 0 atom stereocenters. The first-order chi connectivity index (χ1) is 8.86. The van der Waals surface area contributed by atoms with Gasteiger partial charge >= 0.3 is 0 Å². The Morgan fingerprint density at radius 1 is 1.37 bits per heavy atom. The van der Waals surface area contributed by atoms with E-state index in [2.05, 4.69) is 10.2 Å². The van der Waals surface area contributed by atoms with Crippen molar-refractivity contribution < 1.29 is 13.2 Å². The number of aromatic amines is 1. The van der Waals surface area contributed by atoms with Crippen LogP contribution in [0.1, 0.15) is 43.4 Å². The van der Waals surface area contributed by atoms with Gasteiger partial charge in [-0.15, -0.1) is 0 Å². The van der Waals surface area contributed by atoms with Crippen LogP contribution in [0.5, 0.6) is 0 Å². The lowest BCUT2D eigenvalue weighted by atomic mass is 10.2. The molecule has 0 radical (unpaired) electrons. The summed E-state index contributed by atoms with van der Waals surface area (Å²) in [6.45, 7) is 6.57. The Labute approximate surface area is 117 Å². The number of carbonyl (C=O) groups is 1. The zero-order valence-electron chi connectivity index (χ0n) is 11.2. The minimum Gasteiger partial charge on any atom is -0.338 e. The summed E-state index contributed by atoms with van der Waals surface area (Å²) in [5.74, 6) is -0.417. The molecule has 1 rings (SSSR count). The monoisotopic (exact) mass is 307 g/mol. The Morgan fingerprint density at radius 2 is 2.00 bits per heavy atom. The molecule has 0 aromatic carbocycles. The van der Waals surface area contributed by atoms with E-state index in [0.29, 0.717) is 25.2 Å². The van der Waals surface area contributed by atoms with Gasteiger partial charge in [-0.2, -0.15) is 5.10 Å². The second-order valence-corrected chi connectivity index (χ2v) is 6.56. The standard InChI is InChI=1S/C11H18ClN3O3S/c1-4-7-15(6-3)11(16)9-10(19(12,17)18)8(5-2)13-14-9/h4-7H2,1-3H3,(H,13,14). The van der Waals surface area contributed by atoms with Crippen LogP contribution in [0, 0.1) is 0 Å². The zero-order valence-corrected chi connectivity index (χ0v) is 12.8. The minimum absolute atomic E-state index is 0.123. The highest BCUT2D eigenvalue weighted by atomic mass is 35.7. The van der Waals surface area contributed by atoms with Crippen molar-refractivity contribution in [2.75, 3.05) is 13.1 Å². The van der Waals surface area contributed by atoms with E-state index in [0.717, 1.165) is 6.42 Å². The van der Waals surface area contributed by atoms with E-state index < -0.39 is 15.0 Å². The fourth-order valence-corrected chi connectivity index (χ4v) is 3.18. The summed E-state index contributed by atoms with van der Waals surface area (Å²) >= 11 is 0. The molecule has 0 aliphatic carbocycles. The van der Waals surface area contributed by atoms with Crippen molar-refractivity contribution in [1.82, 2.24) is 15.1 Å². The molecule has 1 N–H and O–H groups in total. The van der Waals surface area contributed by atoms with Crippen molar-refractivity contribution in [3.63, 3.8) is 0 Å². The van der Waals surface area contributed by atoms with Crippen LogP contribution < -0.4 is 0 Å². The van der Waals surface area contributed by atoms with E-state index in [1.165, 1.54) is 0 Å². The number of aryl methyl sites for hydroxylation is 1. The maximum Gasteiger partial charge on any atom is 0.275 e. The molecule has 1 heterocycles. The lowest BCUT2D eigenvalue weighted by Gasteiger charge is -2.19. The van der Waals surface area contributed by atoms with Gasteiger partial charge in [-0.25, -0.2) is 8.42 Å². The van der Waals surface area contributed by atoms with E-state index in [1.54, 1.807) is 11.8 Å². The molecule has 0 fully saturated rings. The van der Waals surface area contributed by atoms with Crippen molar-refractivity contribution in [2.24, 2.45) is 0 Å². The molecule has 0 saturated carbocycles. The van der Waals surface area contributed by atoms with Crippen molar-refractivity contribution in [1.29, 1.82) is 0 Å². The Hall–Kier alpha value is -1.08. The van der Waals surface area contributed by atoms with Crippen molar-refractivity contribution in [3.05, 3.63) is 11.4 Å². The topological polar surface area (TPSA) is 83.1 Å². The Morgan fingerprint density at radius 3 is 2.42 bits per heavy atom. The molecule has 1 aromatic heterocycles. The van der Waals surface area contributed by atoms with Crippen LogP contribution in [-0.2, 0) is 15.5 Å². The molecule has 0 spiro atoms. The minimum atomic E-state index is -4.00. The molecular formula is C11H18ClN3O3S. The molecule has 19 heavy (non-hydrogen) atoms. The second kappa shape index (κ2) is 6.38. The number of hydrogen-bond donors (Lipinski definition) is 1. The molecule has 6 nitrogen and oxygen atoms in total. The van der Waals surface area contributed by atoms with Gasteiger partial charge in [-0.1, -0.05) is 13.8 Å². The first kappa shape index (κ1) is 16.0. The van der Waals surface area contributed by atoms with Crippen LogP contribution in [0.4, 0.5) is 0 Å². The third-order valence-corrected chi connectivity index (χ3v) is 4.14. The first-order valence-corrected chi connectivity index (χ1v) is 8.48. The Bertz CT molecular complexity index is 554. The highest BCUT2D eigenvalue weighted by molar-refractivity contribution is 8.13.